The van der Waals surface area contributed by atoms with Gasteiger partial charge in [-0.05, 0) is 79.9 Å². The van der Waals surface area contributed by atoms with Gasteiger partial charge in [-0.2, -0.15) is 0 Å². The van der Waals surface area contributed by atoms with Crippen molar-refractivity contribution in [3.63, 3.8) is 0 Å². The summed E-state index contributed by atoms with van der Waals surface area (Å²) in [6.07, 6.45) is 7.66. The highest BCUT2D eigenvalue weighted by atomic mass is 35.5. The SMILES string of the molecule is O=C(CC12CC3CC(CC(O)(C3)C1)C2)NCCc1cccc(Cl)c1. The van der Waals surface area contributed by atoms with Gasteiger partial charge in [-0.3, -0.25) is 4.79 Å². The van der Waals surface area contributed by atoms with Gasteiger partial charge in [-0.15, -0.1) is 0 Å². The maximum atomic E-state index is 12.5. The van der Waals surface area contributed by atoms with Crippen LogP contribution in [0.15, 0.2) is 24.3 Å². The van der Waals surface area contributed by atoms with Crippen molar-refractivity contribution < 1.29 is 9.90 Å². The van der Waals surface area contributed by atoms with Gasteiger partial charge in [-0.1, -0.05) is 23.7 Å². The van der Waals surface area contributed by atoms with Crippen LogP contribution in [-0.2, 0) is 11.2 Å². The fraction of sp³-hybridized carbons (Fsp3) is 0.650. The smallest absolute Gasteiger partial charge is 0.220 e. The molecule has 4 fully saturated rings. The summed E-state index contributed by atoms with van der Waals surface area (Å²) < 4.78 is 0. The van der Waals surface area contributed by atoms with E-state index in [0.29, 0.717) is 24.8 Å². The zero-order valence-corrected chi connectivity index (χ0v) is 14.8. The van der Waals surface area contributed by atoms with Crippen LogP contribution in [0, 0.1) is 17.3 Å². The van der Waals surface area contributed by atoms with E-state index >= 15 is 0 Å². The molecular weight excluding hydrogens is 322 g/mol. The van der Waals surface area contributed by atoms with Crippen LogP contribution in [-0.4, -0.2) is 23.2 Å². The Labute approximate surface area is 148 Å². The average molecular weight is 348 g/mol. The molecule has 0 radical (unpaired) electrons. The molecule has 2 atom stereocenters. The van der Waals surface area contributed by atoms with E-state index in [1.165, 1.54) is 6.42 Å². The van der Waals surface area contributed by atoms with Gasteiger partial charge in [0.15, 0.2) is 0 Å². The number of nitrogens with one attached hydrogen (secondary N) is 1. The van der Waals surface area contributed by atoms with Crippen molar-refractivity contribution in [2.45, 2.75) is 57.0 Å². The number of hydrogen-bond donors (Lipinski definition) is 2. The minimum atomic E-state index is -0.481. The first-order chi connectivity index (χ1) is 11.4. The number of carbonyl (C=O) groups is 1. The van der Waals surface area contributed by atoms with E-state index in [1.807, 2.05) is 24.3 Å². The van der Waals surface area contributed by atoms with Crippen LogP contribution in [0.3, 0.4) is 0 Å². The summed E-state index contributed by atoms with van der Waals surface area (Å²) in [5.41, 5.74) is 0.719. The molecule has 4 heteroatoms. The zero-order chi connectivity index (χ0) is 16.8. The molecule has 0 saturated heterocycles. The number of halogens is 1. The molecule has 130 valence electrons. The lowest BCUT2D eigenvalue weighted by atomic mass is 9.47. The predicted molar refractivity (Wildman–Crippen MR) is 94.8 cm³/mol. The van der Waals surface area contributed by atoms with Crippen LogP contribution in [0.4, 0.5) is 0 Å². The molecule has 24 heavy (non-hydrogen) atoms. The molecule has 0 aliphatic heterocycles. The Morgan fingerprint density at radius 1 is 1.25 bits per heavy atom. The van der Waals surface area contributed by atoms with Crippen LogP contribution >= 0.6 is 11.6 Å². The van der Waals surface area contributed by atoms with Crippen molar-refractivity contribution in [1.29, 1.82) is 0 Å². The number of aliphatic hydroxyl groups is 1. The molecule has 2 unspecified atom stereocenters. The molecule has 0 spiro atoms. The molecule has 3 nitrogen and oxygen atoms in total. The maximum Gasteiger partial charge on any atom is 0.220 e. The fourth-order valence-electron chi connectivity index (χ4n) is 6.05. The lowest BCUT2D eigenvalue weighted by molar-refractivity contribution is -0.169. The van der Waals surface area contributed by atoms with Crippen molar-refractivity contribution in [3.8, 4) is 0 Å². The van der Waals surface area contributed by atoms with Crippen LogP contribution < -0.4 is 5.32 Å². The van der Waals surface area contributed by atoms with Gasteiger partial charge in [-0.25, -0.2) is 0 Å². The quantitative estimate of drug-likeness (QED) is 0.852. The second-order valence-corrected chi connectivity index (χ2v) is 9.03. The number of hydrogen-bond acceptors (Lipinski definition) is 2. The van der Waals surface area contributed by atoms with E-state index < -0.39 is 5.60 Å². The summed E-state index contributed by atoms with van der Waals surface area (Å²) in [7, 11) is 0. The topological polar surface area (TPSA) is 49.3 Å². The molecule has 1 aromatic carbocycles. The summed E-state index contributed by atoms with van der Waals surface area (Å²) in [4.78, 5) is 12.5. The monoisotopic (exact) mass is 347 g/mol. The first-order valence-electron chi connectivity index (χ1n) is 9.17. The van der Waals surface area contributed by atoms with Gasteiger partial charge < -0.3 is 10.4 Å². The minimum Gasteiger partial charge on any atom is -0.390 e. The van der Waals surface area contributed by atoms with E-state index in [0.717, 1.165) is 49.1 Å². The van der Waals surface area contributed by atoms with Crippen LogP contribution in [0.1, 0.15) is 50.5 Å². The van der Waals surface area contributed by atoms with Gasteiger partial charge in [0.1, 0.15) is 0 Å². The molecular formula is C20H26ClNO2. The molecule has 2 N–H and O–H groups in total. The normalized spacial score (nSPS) is 36.8. The lowest BCUT2D eigenvalue weighted by Gasteiger charge is -2.60. The second-order valence-electron chi connectivity index (χ2n) is 8.59. The van der Waals surface area contributed by atoms with Crippen LogP contribution in [0.5, 0.6) is 0 Å². The van der Waals surface area contributed by atoms with Crippen molar-refractivity contribution in [2.75, 3.05) is 6.54 Å². The van der Waals surface area contributed by atoms with E-state index in [4.69, 9.17) is 11.6 Å². The van der Waals surface area contributed by atoms with Crippen molar-refractivity contribution in [3.05, 3.63) is 34.9 Å². The van der Waals surface area contributed by atoms with E-state index in [-0.39, 0.29) is 11.3 Å². The van der Waals surface area contributed by atoms with Gasteiger partial charge in [0.2, 0.25) is 5.91 Å². The van der Waals surface area contributed by atoms with Crippen molar-refractivity contribution in [2.24, 2.45) is 17.3 Å². The Hall–Kier alpha value is -1.06. The summed E-state index contributed by atoms with van der Waals surface area (Å²) in [5, 5.41) is 14.6. The highest BCUT2D eigenvalue weighted by molar-refractivity contribution is 6.30. The highest BCUT2D eigenvalue weighted by Crippen LogP contribution is 2.62. The molecule has 5 rings (SSSR count). The molecule has 4 aliphatic carbocycles. The van der Waals surface area contributed by atoms with E-state index in [9.17, 15) is 9.90 Å². The second kappa shape index (κ2) is 6.03. The molecule has 0 aromatic heterocycles. The Balaban J connectivity index is 1.32. The molecule has 0 heterocycles. The highest BCUT2D eigenvalue weighted by Gasteiger charge is 2.57. The van der Waals surface area contributed by atoms with Gasteiger partial charge in [0.05, 0.1) is 5.60 Å². The Kier molecular flexibility index (Phi) is 4.12. The van der Waals surface area contributed by atoms with E-state index in [2.05, 4.69) is 5.32 Å². The maximum absolute atomic E-state index is 12.5. The zero-order valence-electron chi connectivity index (χ0n) is 14.1. The predicted octanol–water partition coefficient (Wildman–Crippen LogP) is 3.72. The number of carbonyl (C=O) groups excluding carboxylic acids is 1. The van der Waals surface area contributed by atoms with Crippen molar-refractivity contribution >= 4 is 17.5 Å². The van der Waals surface area contributed by atoms with Gasteiger partial charge in [0.25, 0.3) is 0 Å². The lowest BCUT2D eigenvalue weighted by Crippen LogP contribution is -2.56. The van der Waals surface area contributed by atoms with Crippen LogP contribution in [0.25, 0.3) is 0 Å². The summed E-state index contributed by atoms with van der Waals surface area (Å²) in [5.74, 6) is 1.41. The molecule has 1 aromatic rings. The molecule has 4 bridgehead atoms. The minimum absolute atomic E-state index is 0.0545. The average Bonchev–Trinajstić information content (AvgIpc) is 2.43. The number of amides is 1. The Morgan fingerprint density at radius 3 is 2.67 bits per heavy atom. The van der Waals surface area contributed by atoms with Crippen molar-refractivity contribution in [1.82, 2.24) is 5.32 Å². The summed E-state index contributed by atoms with van der Waals surface area (Å²) in [6.45, 7) is 0.645. The first kappa shape index (κ1) is 16.4. The fourth-order valence-corrected chi connectivity index (χ4v) is 6.26. The summed E-state index contributed by atoms with van der Waals surface area (Å²) >= 11 is 5.99. The Bertz CT molecular complexity index is 630. The first-order valence-corrected chi connectivity index (χ1v) is 9.55. The molecule has 4 aliphatic rings. The van der Waals surface area contributed by atoms with Crippen LogP contribution in [0.2, 0.25) is 5.02 Å². The molecule has 1 amide bonds. The third-order valence-corrected chi connectivity index (χ3v) is 6.55. The largest absolute Gasteiger partial charge is 0.390 e. The standard InChI is InChI=1S/C20H26ClNO2/c21-17-3-1-2-14(7-17)4-5-22-18(23)12-19-8-15-6-16(9-19)11-20(24,10-15)13-19/h1-3,7,15-16,24H,4-6,8-13H2,(H,22,23). The molecule has 4 saturated carbocycles. The Morgan fingerprint density at radius 2 is 2.00 bits per heavy atom. The number of rotatable bonds is 5. The summed E-state index contributed by atoms with van der Waals surface area (Å²) in [6, 6.07) is 7.78. The number of benzene rings is 1. The third-order valence-electron chi connectivity index (χ3n) is 6.31. The van der Waals surface area contributed by atoms with Gasteiger partial charge in [0, 0.05) is 18.0 Å². The third kappa shape index (κ3) is 3.34. The van der Waals surface area contributed by atoms with E-state index in [1.54, 1.807) is 0 Å². The van der Waals surface area contributed by atoms with Gasteiger partial charge >= 0.3 is 0 Å².